The van der Waals surface area contributed by atoms with Crippen LogP contribution in [0.3, 0.4) is 0 Å². The Hall–Kier alpha value is -4.21. The van der Waals surface area contributed by atoms with Crippen molar-refractivity contribution in [3.63, 3.8) is 0 Å². The summed E-state index contributed by atoms with van der Waals surface area (Å²) in [5.41, 5.74) is 6.26. The Bertz CT molecular complexity index is 1330. The molecular formula is C27H30N6O3. The molecule has 0 aliphatic heterocycles. The lowest BCUT2D eigenvalue weighted by molar-refractivity contribution is -0.119. The predicted octanol–water partition coefficient (Wildman–Crippen LogP) is 3.96. The van der Waals surface area contributed by atoms with Crippen molar-refractivity contribution in [3.8, 4) is 16.8 Å². The Labute approximate surface area is 210 Å². The lowest BCUT2D eigenvalue weighted by Crippen LogP contribution is -2.34. The second-order valence-corrected chi connectivity index (χ2v) is 8.61. The monoisotopic (exact) mass is 486 g/mol. The molecule has 4 aromatic rings. The zero-order valence-corrected chi connectivity index (χ0v) is 20.6. The van der Waals surface area contributed by atoms with Crippen LogP contribution in [0.4, 0.5) is 16.2 Å². The van der Waals surface area contributed by atoms with Gasteiger partial charge in [-0.1, -0.05) is 18.2 Å². The van der Waals surface area contributed by atoms with Crippen LogP contribution in [0, 0.1) is 0 Å². The highest BCUT2D eigenvalue weighted by atomic mass is 16.5. The van der Waals surface area contributed by atoms with Crippen molar-refractivity contribution >= 4 is 34.3 Å². The largest absolute Gasteiger partial charge is 0.375 e. The maximum Gasteiger partial charge on any atom is 0.319 e. The molecule has 1 heterocycles. The summed E-state index contributed by atoms with van der Waals surface area (Å²) in [5, 5.41) is 8.49. The molecule has 0 saturated heterocycles. The molecule has 0 aliphatic rings. The SMILES string of the molecule is COCC(=O)Nc1ccc(-n2cnc3ccc(-c4ccc(NC(=O)NCCN(C)C)cc4)cc32)cc1. The summed E-state index contributed by atoms with van der Waals surface area (Å²) in [6.07, 6.45) is 1.79. The first-order valence-electron chi connectivity index (χ1n) is 11.6. The number of aromatic nitrogens is 2. The van der Waals surface area contributed by atoms with Crippen molar-refractivity contribution in [2.75, 3.05) is 51.5 Å². The van der Waals surface area contributed by atoms with Gasteiger partial charge in [-0.3, -0.25) is 9.36 Å². The number of carbonyl (C=O) groups excluding carboxylic acids is 2. The minimum Gasteiger partial charge on any atom is -0.375 e. The highest BCUT2D eigenvalue weighted by Gasteiger charge is 2.09. The van der Waals surface area contributed by atoms with E-state index in [0.717, 1.165) is 40.1 Å². The smallest absolute Gasteiger partial charge is 0.319 e. The summed E-state index contributed by atoms with van der Waals surface area (Å²) in [4.78, 5) is 30.3. The fourth-order valence-corrected chi connectivity index (χ4v) is 3.74. The maximum absolute atomic E-state index is 12.1. The zero-order valence-electron chi connectivity index (χ0n) is 20.6. The van der Waals surface area contributed by atoms with E-state index < -0.39 is 0 Å². The number of hydrogen-bond acceptors (Lipinski definition) is 5. The summed E-state index contributed by atoms with van der Waals surface area (Å²) < 4.78 is 6.86. The molecule has 3 aromatic carbocycles. The number of imidazole rings is 1. The van der Waals surface area contributed by atoms with Gasteiger partial charge in [-0.15, -0.1) is 0 Å². The van der Waals surface area contributed by atoms with Crippen molar-refractivity contribution in [3.05, 3.63) is 73.1 Å². The van der Waals surface area contributed by atoms with Crippen molar-refractivity contribution in [1.82, 2.24) is 19.8 Å². The molecule has 186 valence electrons. The highest BCUT2D eigenvalue weighted by molar-refractivity contribution is 5.92. The number of likely N-dealkylation sites (N-methyl/N-ethyl adjacent to an activating group) is 1. The molecule has 36 heavy (non-hydrogen) atoms. The summed E-state index contributed by atoms with van der Waals surface area (Å²) in [6, 6.07) is 21.2. The van der Waals surface area contributed by atoms with Gasteiger partial charge in [0.1, 0.15) is 12.9 Å². The van der Waals surface area contributed by atoms with Crippen LogP contribution >= 0.6 is 0 Å². The first-order valence-corrected chi connectivity index (χ1v) is 11.6. The lowest BCUT2D eigenvalue weighted by atomic mass is 10.0. The third kappa shape index (κ3) is 6.26. The molecule has 0 spiro atoms. The van der Waals surface area contributed by atoms with Gasteiger partial charge in [0.2, 0.25) is 5.91 Å². The molecule has 3 N–H and O–H groups in total. The standard InChI is InChI=1S/C27H30N6O3/c1-32(2)15-14-28-27(35)31-22-7-4-19(5-8-22)20-6-13-24-25(16-20)33(18-29-24)23-11-9-21(10-12-23)30-26(34)17-36-3/h4-13,16,18H,14-15,17H2,1-3H3,(H,30,34)(H2,28,31,35). The number of benzene rings is 3. The number of ether oxygens (including phenoxy) is 1. The Kier molecular flexibility index (Phi) is 7.94. The Morgan fingerprint density at radius 2 is 1.58 bits per heavy atom. The molecule has 0 bridgehead atoms. The van der Waals surface area contributed by atoms with Gasteiger partial charge in [0, 0.05) is 37.3 Å². The van der Waals surface area contributed by atoms with Gasteiger partial charge < -0.3 is 25.6 Å². The highest BCUT2D eigenvalue weighted by Crippen LogP contribution is 2.27. The molecule has 0 fully saturated rings. The minimum atomic E-state index is -0.223. The zero-order chi connectivity index (χ0) is 25.5. The van der Waals surface area contributed by atoms with Gasteiger partial charge in [0.15, 0.2) is 0 Å². The van der Waals surface area contributed by atoms with E-state index in [1.807, 2.05) is 84.2 Å². The third-order valence-corrected chi connectivity index (χ3v) is 5.57. The maximum atomic E-state index is 12.1. The number of hydrogen-bond donors (Lipinski definition) is 3. The first kappa shape index (κ1) is 24.9. The molecular weight excluding hydrogens is 456 g/mol. The van der Waals surface area contributed by atoms with Gasteiger partial charge in [0.05, 0.1) is 11.0 Å². The van der Waals surface area contributed by atoms with Crippen LogP contribution in [0.5, 0.6) is 0 Å². The van der Waals surface area contributed by atoms with Gasteiger partial charge in [-0.25, -0.2) is 9.78 Å². The van der Waals surface area contributed by atoms with Crippen LogP contribution in [-0.2, 0) is 9.53 Å². The summed E-state index contributed by atoms with van der Waals surface area (Å²) in [7, 11) is 5.41. The molecule has 0 aliphatic carbocycles. The molecule has 0 radical (unpaired) electrons. The number of anilines is 2. The van der Waals surface area contributed by atoms with Gasteiger partial charge >= 0.3 is 6.03 Å². The molecule has 0 atom stereocenters. The van der Waals surface area contributed by atoms with Crippen molar-refractivity contribution in [2.45, 2.75) is 0 Å². The predicted molar refractivity (Wildman–Crippen MR) is 143 cm³/mol. The number of amides is 3. The van der Waals surface area contributed by atoms with Crippen molar-refractivity contribution in [1.29, 1.82) is 0 Å². The second kappa shape index (κ2) is 11.5. The van der Waals surface area contributed by atoms with E-state index in [1.165, 1.54) is 7.11 Å². The molecule has 4 rings (SSSR count). The number of nitrogens with one attached hydrogen (secondary N) is 3. The van der Waals surface area contributed by atoms with Crippen LogP contribution in [-0.4, -0.2) is 67.3 Å². The lowest BCUT2D eigenvalue weighted by Gasteiger charge is -2.12. The molecule has 9 heteroatoms. The molecule has 0 unspecified atom stereocenters. The summed E-state index contributed by atoms with van der Waals surface area (Å²) in [5.74, 6) is -0.200. The average Bonchev–Trinajstić information content (AvgIpc) is 3.28. The van der Waals surface area contributed by atoms with Gasteiger partial charge in [-0.05, 0) is 73.8 Å². The van der Waals surface area contributed by atoms with Gasteiger partial charge in [-0.2, -0.15) is 0 Å². The van der Waals surface area contributed by atoms with Crippen LogP contribution in [0.1, 0.15) is 0 Å². The number of fused-ring (bicyclic) bond motifs is 1. The number of methoxy groups -OCH3 is 1. The fourth-order valence-electron chi connectivity index (χ4n) is 3.74. The van der Waals surface area contributed by atoms with E-state index in [9.17, 15) is 9.59 Å². The van der Waals surface area contributed by atoms with E-state index in [0.29, 0.717) is 12.2 Å². The number of nitrogens with zero attached hydrogens (tertiary/aromatic N) is 3. The quantitative estimate of drug-likeness (QED) is 0.333. The van der Waals surface area contributed by atoms with E-state index in [2.05, 4.69) is 27.0 Å². The van der Waals surface area contributed by atoms with E-state index in [-0.39, 0.29) is 18.5 Å². The van der Waals surface area contributed by atoms with Crippen LogP contribution in [0.2, 0.25) is 0 Å². The van der Waals surface area contributed by atoms with Crippen molar-refractivity contribution < 1.29 is 14.3 Å². The van der Waals surface area contributed by atoms with E-state index in [1.54, 1.807) is 6.33 Å². The van der Waals surface area contributed by atoms with Crippen LogP contribution in [0.25, 0.3) is 27.8 Å². The fraction of sp³-hybridized carbons (Fsp3) is 0.222. The van der Waals surface area contributed by atoms with Crippen LogP contribution in [0.15, 0.2) is 73.1 Å². The number of rotatable bonds is 9. The van der Waals surface area contributed by atoms with Crippen LogP contribution < -0.4 is 16.0 Å². The third-order valence-electron chi connectivity index (χ3n) is 5.57. The Morgan fingerprint density at radius 3 is 2.28 bits per heavy atom. The molecule has 3 amide bonds. The second-order valence-electron chi connectivity index (χ2n) is 8.61. The topological polar surface area (TPSA) is 101 Å². The molecule has 9 nitrogen and oxygen atoms in total. The number of carbonyl (C=O) groups is 2. The van der Waals surface area contributed by atoms with Gasteiger partial charge in [0.25, 0.3) is 0 Å². The van der Waals surface area contributed by atoms with Crippen molar-refractivity contribution in [2.24, 2.45) is 0 Å². The molecule has 0 saturated carbocycles. The average molecular weight is 487 g/mol. The van der Waals surface area contributed by atoms with E-state index >= 15 is 0 Å². The Balaban J connectivity index is 1.48. The Morgan fingerprint density at radius 1 is 0.917 bits per heavy atom. The summed E-state index contributed by atoms with van der Waals surface area (Å²) in [6.45, 7) is 1.37. The molecule has 1 aromatic heterocycles. The normalized spacial score (nSPS) is 11.0. The first-order chi connectivity index (χ1) is 17.4. The minimum absolute atomic E-state index is 0.0116. The summed E-state index contributed by atoms with van der Waals surface area (Å²) >= 11 is 0. The number of urea groups is 1. The van der Waals surface area contributed by atoms with E-state index in [4.69, 9.17) is 4.74 Å².